The van der Waals surface area contributed by atoms with E-state index in [0.717, 1.165) is 43.5 Å². The molecule has 6 nitrogen and oxygen atoms in total. The topological polar surface area (TPSA) is 73.8 Å². The lowest BCUT2D eigenvalue weighted by Crippen LogP contribution is -2.57. The molecule has 0 radical (unpaired) electrons. The van der Waals surface area contributed by atoms with Crippen molar-refractivity contribution in [1.82, 2.24) is 5.53 Å². The lowest BCUT2D eigenvalue weighted by Gasteiger charge is -2.62. The van der Waals surface area contributed by atoms with Crippen molar-refractivity contribution in [1.29, 1.82) is 0 Å². The number of carbonyl (C=O) groups is 1. The van der Waals surface area contributed by atoms with Crippen LogP contribution < -0.4 is 16.0 Å². The molecule has 6 rings (SSSR count). The van der Waals surface area contributed by atoms with Crippen LogP contribution in [0.2, 0.25) is 5.02 Å². The van der Waals surface area contributed by atoms with Crippen LogP contribution in [0.1, 0.15) is 71.6 Å². The maximum atomic E-state index is 13.8. The first kappa shape index (κ1) is 25.0. The number of methoxy groups -OCH3 is 1. The van der Waals surface area contributed by atoms with Gasteiger partial charge in [0.15, 0.2) is 5.78 Å². The highest BCUT2D eigenvalue weighted by molar-refractivity contribution is 6.31. The Balaban J connectivity index is 1.17. The molecule has 5 aliphatic rings. The number of ketones is 1. The van der Waals surface area contributed by atoms with Gasteiger partial charge in [0.25, 0.3) is 0 Å². The van der Waals surface area contributed by atoms with E-state index in [-0.39, 0.29) is 11.3 Å². The number of nitrogens with zero attached hydrogens (tertiary/aromatic N) is 1. The quantitative estimate of drug-likeness (QED) is 0.474. The maximum Gasteiger partial charge on any atom is 0.157 e. The van der Waals surface area contributed by atoms with Gasteiger partial charge in [-0.25, -0.2) is 0 Å². The number of hydrazine groups is 2. The Labute approximate surface area is 220 Å². The summed E-state index contributed by atoms with van der Waals surface area (Å²) >= 11 is 6.23. The van der Waals surface area contributed by atoms with Gasteiger partial charge >= 0.3 is 0 Å². The van der Waals surface area contributed by atoms with Crippen molar-refractivity contribution < 1.29 is 14.6 Å². The van der Waals surface area contributed by atoms with Gasteiger partial charge in [0.05, 0.1) is 30.1 Å². The lowest BCUT2D eigenvalue weighted by atomic mass is 9.44. The number of halogens is 1. The number of ether oxygens (including phenoxy) is 1. The summed E-state index contributed by atoms with van der Waals surface area (Å²) < 4.78 is 5.38. The second-order valence-electron chi connectivity index (χ2n) is 13.1. The fraction of sp³-hybridized carbons (Fsp3) is 0.759. The maximum absolute atomic E-state index is 13.8. The number of nitrogens with one attached hydrogen (secondary N) is 2. The van der Waals surface area contributed by atoms with Crippen LogP contribution in [0.3, 0.4) is 0 Å². The highest BCUT2D eigenvalue weighted by Gasteiger charge is 2.62. The van der Waals surface area contributed by atoms with E-state index in [4.69, 9.17) is 16.3 Å². The Kier molecular flexibility index (Phi) is 6.14. The van der Waals surface area contributed by atoms with Crippen LogP contribution in [0, 0.1) is 40.4 Å². The summed E-state index contributed by atoms with van der Waals surface area (Å²) in [5, 5.41) is 13.7. The zero-order valence-electron chi connectivity index (χ0n) is 22.0. The summed E-state index contributed by atoms with van der Waals surface area (Å²) in [6.45, 7) is 5.77. The van der Waals surface area contributed by atoms with Gasteiger partial charge in [-0.3, -0.25) is 9.80 Å². The van der Waals surface area contributed by atoms with Gasteiger partial charge in [-0.15, -0.1) is 5.53 Å². The van der Waals surface area contributed by atoms with Crippen LogP contribution in [0.25, 0.3) is 0 Å². The monoisotopic (exact) mass is 515 g/mol. The normalized spacial score (nSPS) is 43.2. The van der Waals surface area contributed by atoms with E-state index >= 15 is 0 Å². The molecule has 3 N–H and O–H groups in total. The fourth-order valence-electron chi connectivity index (χ4n) is 9.66. The van der Waals surface area contributed by atoms with E-state index < -0.39 is 5.60 Å². The van der Waals surface area contributed by atoms with Crippen molar-refractivity contribution in [2.45, 2.75) is 77.2 Å². The molecular formula is C29H42ClN3O3. The zero-order chi connectivity index (χ0) is 25.3. The van der Waals surface area contributed by atoms with Crippen LogP contribution >= 0.6 is 11.6 Å². The van der Waals surface area contributed by atoms with Crippen molar-refractivity contribution in [3.8, 4) is 0 Å². The van der Waals surface area contributed by atoms with Gasteiger partial charge in [0, 0.05) is 18.1 Å². The molecule has 0 unspecified atom stereocenters. The van der Waals surface area contributed by atoms with Crippen LogP contribution in [0.4, 0.5) is 11.4 Å². The molecule has 0 spiro atoms. The molecule has 198 valence electrons. The lowest BCUT2D eigenvalue weighted by molar-refractivity contribution is -0.164. The largest absolute Gasteiger partial charge is 0.387 e. The van der Waals surface area contributed by atoms with Crippen molar-refractivity contribution in [3.63, 3.8) is 0 Å². The predicted octanol–water partition coefficient (Wildman–Crippen LogP) is 5.60. The standard InChI is InChI=1S/C29H42ClN3O3/c1-27-12-13-29(35,17-36-3)15-18(27)4-6-20-21-7-8-23(28(21,2)11-10-22(20)27)26(34)16-33-25-14-19(30)5-9-24(25)31-32-33/h5,9,14,18,20-23,31-32,35H,4,6-8,10-13,15-17H2,1-3H3/t18-,20-,21-,22-,23+,27-,28-,29+/m0/s1. The minimum atomic E-state index is -0.652. The van der Waals surface area contributed by atoms with E-state index in [2.05, 4.69) is 24.8 Å². The number of carbonyl (C=O) groups excluding carboxylic acids is 1. The molecule has 1 aromatic rings. The number of Topliss-reactive ketones (excluding diaryl/α,β-unsaturated/α-hetero) is 1. The first-order valence-corrected chi connectivity index (χ1v) is 14.4. The van der Waals surface area contributed by atoms with Gasteiger partial charge in [-0.2, -0.15) is 0 Å². The van der Waals surface area contributed by atoms with Crippen LogP contribution in [0.5, 0.6) is 0 Å². The third-order valence-corrected chi connectivity index (χ3v) is 11.7. The second kappa shape index (κ2) is 8.86. The van der Waals surface area contributed by atoms with Crippen LogP contribution in [0.15, 0.2) is 18.2 Å². The first-order chi connectivity index (χ1) is 17.2. The Bertz CT molecular complexity index is 1040. The molecule has 7 heteroatoms. The summed E-state index contributed by atoms with van der Waals surface area (Å²) in [5.74, 6) is 3.11. The summed E-state index contributed by atoms with van der Waals surface area (Å²) in [6.07, 6.45) is 9.84. The van der Waals surface area contributed by atoms with E-state index in [0.29, 0.717) is 53.0 Å². The molecule has 4 fully saturated rings. The number of aliphatic hydroxyl groups is 1. The van der Waals surface area contributed by atoms with Crippen LogP contribution in [-0.2, 0) is 9.53 Å². The molecule has 36 heavy (non-hydrogen) atoms. The molecule has 0 saturated heterocycles. The van der Waals surface area contributed by atoms with E-state index in [1.807, 2.05) is 23.2 Å². The average Bonchev–Trinajstić information content (AvgIpc) is 3.40. The Morgan fingerprint density at radius 1 is 1.11 bits per heavy atom. The number of anilines is 2. The van der Waals surface area contributed by atoms with E-state index in [1.165, 1.54) is 25.7 Å². The summed E-state index contributed by atoms with van der Waals surface area (Å²) in [7, 11) is 1.70. The molecule has 0 bridgehead atoms. The predicted molar refractivity (Wildman–Crippen MR) is 143 cm³/mol. The summed E-state index contributed by atoms with van der Waals surface area (Å²) in [5.41, 5.74) is 7.97. The van der Waals surface area contributed by atoms with E-state index in [1.54, 1.807) is 7.11 Å². The van der Waals surface area contributed by atoms with Crippen molar-refractivity contribution in [3.05, 3.63) is 23.2 Å². The Hall–Kier alpha value is -1.34. The molecule has 1 heterocycles. The SMILES string of the molecule is COC[C@@]1(O)CC[C@@]2(C)[C@@H](CC[C@@H]3[C@@H]2CC[C@]2(C)[C@@H](C(=O)CN4NNc5ccc(Cl)cc54)CC[C@@H]32)C1. The number of benzene rings is 1. The molecule has 1 aromatic carbocycles. The Morgan fingerprint density at radius 3 is 2.72 bits per heavy atom. The summed E-state index contributed by atoms with van der Waals surface area (Å²) in [6, 6.07) is 5.72. The van der Waals surface area contributed by atoms with Gasteiger partial charge in [0.2, 0.25) is 0 Å². The molecular weight excluding hydrogens is 474 g/mol. The van der Waals surface area contributed by atoms with Gasteiger partial charge in [-0.1, -0.05) is 25.4 Å². The molecule has 1 aliphatic heterocycles. The molecule has 0 aromatic heterocycles. The van der Waals surface area contributed by atoms with Crippen molar-refractivity contribution in [2.75, 3.05) is 30.7 Å². The summed E-state index contributed by atoms with van der Waals surface area (Å²) in [4.78, 5) is 13.8. The highest BCUT2D eigenvalue weighted by atomic mass is 35.5. The molecule has 4 saturated carbocycles. The van der Waals surface area contributed by atoms with Gasteiger partial charge < -0.3 is 15.3 Å². The van der Waals surface area contributed by atoms with Crippen molar-refractivity contribution >= 4 is 28.8 Å². The fourth-order valence-corrected chi connectivity index (χ4v) is 9.83. The minimum Gasteiger partial charge on any atom is -0.387 e. The zero-order valence-corrected chi connectivity index (χ0v) is 22.7. The number of fused-ring (bicyclic) bond motifs is 6. The third-order valence-electron chi connectivity index (χ3n) is 11.5. The first-order valence-electron chi connectivity index (χ1n) is 14.0. The minimum absolute atomic E-state index is 0.0945. The van der Waals surface area contributed by atoms with E-state index in [9.17, 15) is 9.90 Å². The molecule has 0 amide bonds. The highest BCUT2D eigenvalue weighted by Crippen LogP contribution is 2.68. The molecule has 8 atom stereocenters. The Morgan fingerprint density at radius 2 is 1.92 bits per heavy atom. The van der Waals surface area contributed by atoms with Gasteiger partial charge in [0.1, 0.15) is 0 Å². The third kappa shape index (κ3) is 3.81. The average molecular weight is 516 g/mol. The smallest absolute Gasteiger partial charge is 0.157 e. The van der Waals surface area contributed by atoms with Gasteiger partial charge in [-0.05, 0) is 110 Å². The number of hydrogen-bond donors (Lipinski definition) is 3. The molecule has 4 aliphatic carbocycles. The number of rotatable bonds is 5. The number of hydrogen-bond acceptors (Lipinski definition) is 6. The second-order valence-corrected chi connectivity index (χ2v) is 13.6. The van der Waals surface area contributed by atoms with Crippen molar-refractivity contribution in [2.24, 2.45) is 40.4 Å². The van der Waals surface area contributed by atoms with Crippen LogP contribution in [-0.4, -0.2) is 36.8 Å².